The summed E-state index contributed by atoms with van der Waals surface area (Å²) in [5.74, 6) is -6.50. The number of imidazole rings is 2. The first kappa shape index (κ1) is 20.3. The Labute approximate surface area is 175 Å². The van der Waals surface area contributed by atoms with Gasteiger partial charge in [-0.1, -0.05) is 0 Å². The minimum absolute atomic E-state index is 0.353. The lowest BCUT2D eigenvalue weighted by molar-refractivity contribution is 0.518. The predicted molar refractivity (Wildman–Crippen MR) is 104 cm³/mol. The van der Waals surface area contributed by atoms with Gasteiger partial charge in [0, 0.05) is 14.1 Å². The van der Waals surface area contributed by atoms with Crippen LogP contribution < -0.4 is 11.0 Å². The van der Waals surface area contributed by atoms with E-state index in [1.54, 1.807) is 6.07 Å². The molecule has 0 saturated carbocycles. The first-order valence-electron chi connectivity index (χ1n) is 8.50. The number of aryl methyl sites for hydroxylation is 2. The van der Waals surface area contributed by atoms with E-state index in [-0.39, 0.29) is 16.5 Å². The molecule has 2 aromatic heterocycles. The lowest BCUT2D eigenvalue weighted by Gasteiger charge is -2.09. The van der Waals surface area contributed by atoms with Crippen LogP contribution in [0.2, 0.25) is 0 Å². The normalized spacial score (nSPS) is 11.8. The van der Waals surface area contributed by atoms with Gasteiger partial charge >= 0.3 is 11.5 Å². The number of hydrogen-bond acceptors (Lipinski definition) is 3. The standard InChI is InChI=1S/C20H6F4N8/c1-26-7(6-25)19-29-15-13(24)10(21)8-9(16(15)31(19)4)12(23)17-14(11(8)22)30-20(32(17)5)18(27-2)28-3/h4-5H3/b19-7-. The van der Waals surface area contributed by atoms with Crippen LogP contribution in [0.3, 0.4) is 0 Å². The second kappa shape index (κ2) is 6.80. The number of halogens is 4. The number of rotatable bonds is 0. The van der Waals surface area contributed by atoms with Gasteiger partial charge < -0.3 is 9.13 Å². The summed E-state index contributed by atoms with van der Waals surface area (Å²) in [6.07, 6.45) is 0. The van der Waals surface area contributed by atoms with Gasteiger partial charge in [-0.05, 0) is 0 Å². The molecule has 0 aliphatic rings. The van der Waals surface area contributed by atoms with Crippen LogP contribution in [0.4, 0.5) is 17.6 Å². The summed E-state index contributed by atoms with van der Waals surface area (Å²) in [7, 11) is 2.48. The van der Waals surface area contributed by atoms with Crippen molar-refractivity contribution >= 4 is 44.4 Å². The highest BCUT2D eigenvalue weighted by molar-refractivity contribution is 6.10. The van der Waals surface area contributed by atoms with Crippen LogP contribution in [0.1, 0.15) is 0 Å². The van der Waals surface area contributed by atoms with Crippen molar-refractivity contribution in [2.45, 2.75) is 0 Å². The Morgan fingerprint density at radius 2 is 1.34 bits per heavy atom. The van der Waals surface area contributed by atoms with Crippen molar-refractivity contribution in [3.8, 4) is 6.07 Å². The molecule has 0 N–H and O–H groups in total. The van der Waals surface area contributed by atoms with E-state index in [9.17, 15) is 8.78 Å². The third-order valence-electron chi connectivity index (χ3n) is 4.99. The Morgan fingerprint density at radius 1 is 0.781 bits per heavy atom. The van der Waals surface area contributed by atoms with Crippen molar-refractivity contribution in [3.05, 3.63) is 68.5 Å². The fourth-order valence-electron chi connectivity index (χ4n) is 3.60. The summed E-state index contributed by atoms with van der Waals surface area (Å²) in [6.45, 7) is 21.2. The highest BCUT2D eigenvalue weighted by Gasteiger charge is 2.29. The van der Waals surface area contributed by atoms with Gasteiger partial charge in [0.2, 0.25) is 5.48 Å². The van der Waals surface area contributed by atoms with Gasteiger partial charge in [-0.15, -0.1) is 0 Å². The number of fused-ring (bicyclic) bond motifs is 4. The van der Waals surface area contributed by atoms with Crippen LogP contribution in [0.5, 0.6) is 0 Å². The maximum Gasteiger partial charge on any atom is 0.562 e. The third-order valence-corrected chi connectivity index (χ3v) is 4.99. The van der Waals surface area contributed by atoms with Gasteiger partial charge in [0.15, 0.2) is 23.3 Å². The Morgan fingerprint density at radius 3 is 1.91 bits per heavy atom. The van der Waals surface area contributed by atoms with Crippen LogP contribution in [0.25, 0.3) is 58.9 Å². The van der Waals surface area contributed by atoms with Gasteiger partial charge in [0.25, 0.3) is 0 Å². The smallest absolute Gasteiger partial charge is 0.335 e. The number of aromatic nitrogens is 4. The van der Waals surface area contributed by atoms with E-state index in [0.717, 1.165) is 9.13 Å². The average Bonchev–Trinajstić information content (AvgIpc) is 3.30. The lowest BCUT2D eigenvalue weighted by atomic mass is 10.0. The SMILES string of the molecule is [C-]#[N+]C([N+]#[C-])=c1nc2c(F)c3c(F)c(F)c4n/c(=C(\C#N)[N+]#[C-])n(C)c4c3c(F)c2n1C. The third kappa shape index (κ3) is 2.32. The van der Waals surface area contributed by atoms with Gasteiger partial charge in [0.1, 0.15) is 35.2 Å². The summed E-state index contributed by atoms with van der Waals surface area (Å²) in [4.78, 5) is 16.5. The van der Waals surface area contributed by atoms with E-state index in [0.29, 0.717) is 0 Å². The monoisotopic (exact) mass is 434 g/mol. The molecule has 12 heteroatoms. The van der Waals surface area contributed by atoms with Crippen LogP contribution in [0, 0.1) is 54.3 Å². The molecule has 32 heavy (non-hydrogen) atoms. The fraction of sp³-hybridized carbons (Fsp3) is 0.100. The molecule has 4 aromatic rings. The number of benzene rings is 2. The van der Waals surface area contributed by atoms with E-state index in [2.05, 4.69) is 24.5 Å². The molecule has 0 unspecified atom stereocenters. The van der Waals surface area contributed by atoms with Gasteiger partial charge in [-0.2, -0.15) is 9.69 Å². The topological polar surface area (TPSA) is 72.5 Å². The van der Waals surface area contributed by atoms with E-state index in [1.807, 2.05) is 0 Å². The molecule has 154 valence electrons. The molecule has 0 amide bonds. The minimum atomic E-state index is -1.73. The zero-order valence-corrected chi connectivity index (χ0v) is 16.1. The molecule has 4 rings (SSSR count). The molecular weight excluding hydrogens is 428 g/mol. The molecule has 2 aromatic carbocycles. The second-order valence-electron chi connectivity index (χ2n) is 6.51. The highest BCUT2D eigenvalue weighted by atomic mass is 19.2. The molecule has 0 radical (unpaired) electrons. The summed E-state index contributed by atoms with van der Waals surface area (Å²) in [5.41, 5.74) is -3.53. The predicted octanol–water partition coefficient (Wildman–Crippen LogP) is 2.62. The summed E-state index contributed by atoms with van der Waals surface area (Å²) < 4.78 is 62.8. The Bertz CT molecular complexity index is 1800. The van der Waals surface area contributed by atoms with E-state index >= 15 is 8.78 Å². The van der Waals surface area contributed by atoms with Crippen molar-refractivity contribution in [2.24, 2.45) is 14.1 Å². The fourth-order valence-corrected chi connectivity index (χ4v) is 3.60. The molecular formula is C20H6F4N8. The number of nitrogens with zero attached hydrogens (tertiary/aromatic N) is 8. The molecule has 0 aliphatic carbocycles. The summed E-state index contributed by atoms with van der Waals surface area (Å²) in [5, 5.41) is 7.39. The zero-order valence-electron chi connectivity index (χ0n) is 16.1. The molecule has 0 bridgehead atoms. The number of nitriles is 1. The lowest BCUT2D eigenvalue weighted by Crippen LogP contribution is -2.17. The van der Waals surface area contributed by atoms with E-state index < -0.39 is 62.1 Å². The minimum Gasteiger partial charge on any atom is -0.335 e. The van der Waals surface area contributed by atoms with Crippen molar-refractivity contribution in [3.63, 3.8) is 0 Å². The first-order valence-corrected chi connectivity index (χ1v) is 8.50. The van der Waals surface area contributed by atoms with E-state index in [1.165, 1.54) is 14.1 Å². The van der Waals surface area contributed by atoms with Crippen LogP contribution in [-0.2, 0) is 14.1 Å². The van der Waals surface area contributed by atoms with Crippen molar-refractivity contribution < 1.29 is 17.6 Å². The van der Waals surface area contributed by atoms with Gasteiger partial charge in [-0.25, -0.2) is 37.6 Å². The molecule has 8 nitrogen and oxygen atoms in total. The Hall–Kier alpha value is -4.94. The first-order chi connectivity index (χ1) is 15.2. The molecule has 0 atom stereocenters. The molecule has 0 aliphatic heterocycles. The molecule has 2 heterocycles. The maximum atomic E-state index is 15.7. The largest absolute Gasteiger partial charge is 0.562 e. The molecule has 0 fully saturated rings. The quantitative estimate of drug-likeness (QED) is 0.316. The van der Waals surface area contributed by atoms with Crippen molar-refractivity contribution in [1.82, 2.24) is 19.1 Å². The van der Waals surface area contributed by atoms with Crippen LogP contribution in [-0.4, -0.2) is 19.1 Å². The molecule has 0 spiro atoms. The number of hydrogen-bond donors (Lipinski definition) is 0. The van der Waals surface area contributed by atoms with Gasteiger partial charge in [0.05, 0.1) is 28.9 Å². The maximum absolute atomic E-state index is 15.7. The summed E-state index contributed by atoms with van der Waals surface area (Å²) >= 11 is 0. The van der Waals surface area contributed by atoms with E-state index in [4.69, 9.17) is 25.0 Å². The second-order valence-corrected chi connectivity index (χ2v) is 6.51. The molecule has 0 saturated heterocycles. The van der Waals surface area contributed by atoms with Crippen LogP contribution in [0.15, 0.2) is 0 Å². The van der Waals surface area contributed by atoms with Crippen molar-refractivity contribution in [2.75, 3.05) is 0 Å². The average molecular weight is 434 g/mol. The van der Waals surface area contributed by atoms with Crippen molar-refractivity contribution in [1.29, 1.82) is 5.26 Å². The Balaban J connectivity index is 2.47. The van der Waals surface area contributed by atoms with Gasteiger partial charge in [-0.3, -0.25) is 0 Å². The zero-order chi connectivity index (χ0) is 23.5. The van der Waals surface area contributed by atoms with Crippen LogP contribution >= 0.6 is 0 Å². The summed E-state index contributed by atoms with van der Waals surface area (Å²) in [6, 6.07) is 1.57. The Kier molecular flexibility index (Phi) is 4.32. The highest BCUT2D eigenvalue weighted by Crippen LogP contribution is 2.37.